The zero-order chi connectivity index (χ0) is 6.97. The van der Waals surface area contributed by atoms with Gasteiger partial charge in [0.2, 0.25) is 0 Å². The van der Waals surface area contributed by atoms with Crippen molar-refractivity contribution in [2.75, 3.05) is 5.73 Å². The summed E-state index contributed by atoms with van der Waals surface area (Å²) in [6.07, 6.45) is 5.34. The maximum absolute atomic E-state index is 5.60. The van der Waals surface area contributed by atoms with Crippen molar-refractivity contribution in [3.63, 3.8) is 0 Å². The molecule has 0 radical (unpaired) electrons. The number of benzene rings is 1. The number of allylic oxidation sites excluding steroid dienone is 1. The molecular formula is C9H9N. The minimum atomic E-state index is 0.852. The van der Waals surface area contributed by atoms with Crippen molar-refractivity contribution in [1.82, 2.24) is 0 Å². The lowest BCUT2D eigenvalue weighted by molar-refractivity contribution is 1.31. The number of nitrogens with two attached hydrogens (primary N) is 1. The Morgan fingerprint density at radius 3 is 3.10 bits per heavy atom. The average Bonchev–Trinajstić information content (AvgIpc) is 2.33. The SMILES string of the molecule is Nc1ccc2c(c1)C=CC2. The summed E-state index contributed by atoms with van der Waals surface area (Å²) in [7, 11) is 0. The van der Waals surface area contributed by atoms with Crippen molar-refractivity contribution >= 4 is 11.8 Å². The summed E-state index contributed by atoms with van der Waals surface area (Å²) in [5.74, 6) is 0. The van der Waals surface area contributed by atoms with E-state index in [1.54, 1.807) is 0 Å². The van der Waals surface area contributed by atoms with E-state index in [1.165, 1.54) is 11.1 Å². The third-order valence-corrected chi connectivity index (χ3v) is 1.81. The molecule has 0 saturated heterocycles. The summed E-state index contributed by atoms with van der Waals surface area (Å²) in [4.78, 5) is 0. The monoisotopic (exact) mass is 131 g/mol. The van der Waals surface area contributed by atoms with Gasteiger partial charge >= 0.3 is 0 Å². The van der Waals surface area contributed by atoms with E-state index in [2.05, 4.69) is 18.2 Å². The van der Waals surface area contributed by atoms with Crippen LogP contribution in [0.15, 0.2) is 24.3 Å². The van der Waals surface area contributed by atoms with Crippen molar-refractivity contribution in [3.05, 3.63) is 35.4 Å². The highest BCUT2D eigenvalue weighted by Gasteiger charge is 2.02. The van der Waals surface area contributed by atoms with E-state index in [0.717, 1.165) is 12.1 Å². The Balaban J connectivity index is 2.60. The average molecular weight is 131 g/mol. The molecule has 0 aliphatic heterocycles. The molecule has 1 aromatic carbocycles. The Bertz CT molecular complexity index is 287. The fourth-order valence-corrected chi connectivity index (χ4v) is 1.27. The molecule has 0 unspecified atom stereocenters. The number of rotatable bonds is 0. The molecule has 0 bridgehead atoms. The Labute approximate surface area is 60.2 Å². The molecule has 0 amide bonds. The first-order valence-electron chi connectivity index (χ1n) is 3.41. The largest absolute Gasteiger partial charge is 0.399 e. The molecule has 0 aromatic heterocycles. The molecule has 1 aromatic rings. The van der Waals surface area contributed by atoms with Crippen LogP contribution in [0, 0.1) is 0 Å². The smallest absolute Gasteiger partial charge is 0.0320 e. The van der Waals surface area contributed by atoms with Crippen LogP contribution in [0.4, 0.5) is 5.69 Å². The highest BCUT2D eigenvalue weighted by molar-refractivity contribution is 5.63. The van der Waals surface area contributed by atoms with Crippen LogP contribution in [-0.2, 0) is 6.42 Å². The van der Waals surface area contributed by atoms with Crippen LogP contribution in [-0.4, -0.2) is 0 Å². The zero-order valence-corrected chi connectivity index (χ0v) is 5.67. The van der Waals surface area contributed by atoms with Crippen molar-refractivity contribution in [3.8, 4) is 0 Å². The van der Waals surface area contributed by atoms with E-state index < -0.39 is 0 Å². The lowest BCUT2D eigenvalue weighted by Crippen LogP contribution is -1.86. The number of fused-ring (bicyclic) bond motifs is 1. The third kappa shape index (κ3) is 0.711. The molecule has 2 N–H and O–H groups in total. The van der Waals surface area contributed by atoms with Gasteiger partial charge in [-0.2, -0.15) is 0 Å². The summed E-state index contributed by atoms with van der Waals surface area (Å²) < 4.78 is 0. The van der Waals surface area contributed by atoms with Gasteiger partial charge in [-0.3, -0.25) is 0 Å². The lowest BCUT2D eigenvalue weighted by atomic mass is 10.1. The van der Waals surface area contributed by atoms with E-state index in [4.69, 9.17) is 5.73 Å². The molecule has 10 heavy (non-hydrogen) atoms. The van der Waals surface area contributed by atoms with Gasteiger partial charge in [-0.25, -0.2) is 0 Å². The van der Waals surface area contributed by atoms with Crippen molar-refractivity contribution < 1.29 is 0 Å². The maximum atomic E-state index is 5.60. The molecule has 50 valence electrons. The van der Waals surface area contributed by atoms with Crippen molar-refractivity contribution in [2.24, 2.45) is 0 Å². The van der Waals surface area contributed by atoms with Crippen LogP contribution < -0.4 is 5.73 Å². The van der Waals surface area contributed by atoms with Gasteiger partial charge < -0.3 is 5.73 Å². The number of anilines is 1. The number of hydrogen-bond acceptors (Lipinski definition) is 1. The minimum Gasteiger partial charge on any atom is -0.399 e. The first-order valence-corrected chi connectivity index (χ1v) is 3.41. The fraction of sp³-hybridized carbons (Fsp3) is 0.111. The second kappa shape index (κ2) is 1.87. The van der Waals surface area contributed by atoms with Crippen molar-refractivity contribution in [2.45, 2.75) is 6.42 Å². The summed E-state index contributed by atoms with van der Waals surface area (Å²) in [6, 6.07) is 6.05. The molecule has 1 aliphatic rings. The zero-order valence-electron chi connectivity index (χ0n) is 5.67. The van der Waals surface area contributed by atoms with Gasteiger partial charge in [0.1, 0.15) is 0 Å². The Morgan fingerprint density at radius 1 is 1.30 bits per heavy atom. The summed E-state index contributed by atoms with van der Waals surface area (Å²) >= 11 is 0. The van der Waals surface area contributed by atoms with Crippen LogP contribution in [0.1, 0.15) is 11.1 Å². The molecule has 0 atom stereocenters. The summed E-state index contributed by atoms with van der Waals surface area (Å²) in [6.45, 7) is 0. The van der Waals surface area contributed by atoms with Gasteiger partial charge in [-0.05, 0) is 29.7 Å². The van der Waals surface area contributed by atoms with Crippen LogP contribution >= 0.6 is 0 Å². The fourth-order valence-electron chi connectivity index (χ4n) is 1.27. The number of hydrogen-bond donors (Lipinski definition) is 1. The van der Waals surface area contributed by atoms with Gasteiger partial charge in [0, 0.05) is 5.69 Å². The first-order chi connectivity index (χ1) is 4.86. The van der Waals surface area contributed by atoms with Crippen LogP contribution in [0.5, 0.6) is 0 Å². The quantitative estimate of drug-likeness (QED) is 0.534. The molecule has 2 rings (SSSR count). The Morgan fingerprint density at radius 2 is 2.20 bits per heavy atom. The predicted molar refractivity (Wildman–Crippen MR) is 43.6 cm³/mol. The first kappa shape index (κ1) is 5.54. The molecule has 1 nitrogen and oxygen atoms in total. The van der Waals surface area contributed by atoms with Gasteiger partial charge in [-0.15, -0.1) is 0 Å². The highest BCUT2D eigenvalue weighted by atomic mass is 14.5. The molecule has 1 heteroatoms. The summed E-state index contributed by atoms with van der Waals surface area (Å²) in [5.41, 5.74) is 9.11. The van der Waals surface area contributed by atoms with E-state index >= 15 is 0 Å². The van der Waals surface area contributed by atoms with E-state index in [1.807, 2.05) is 12.1 Å². The van der Waals surface area contributed by atoms with Crippen molar-refractivity contribution in [1.29, 1.82) is 0 Å². The van der Waals surface area contributed by atoms with Crippen LogP contribution in [0.2, 0.25) is 0 Å². The standard InChI is InChI=1S/C9H9N/c10-9-5-4-7-2-1-3-8(7)6-9/h1,3-6H,2,10H2. The molecule has 0 saturated carbocycles. The van der Waals surface area contributed by atoms with Gasteiger partial charge in [-0.1, -0.05) is 18.2 Å². The molecule has 0 fully saturated rings. The van der Waals surface area contributed by atoms with Gasteiger partial charge in [0.15, 0.2) is 0 Å². The minimum absolute atomic E-state index is 0.852. The summed E-state index contributed by atoms with van der Waals surface area (Å²) in [5, 5.41) is 0. The second-order valence-corrected chi connectivity index (χ2v) is 2.56. The predicted octanol–water partition coefficient (Wildman–Crippen LogP) is 1.84. The third-order valence-electron chi connectivity index (χ3n) is 1.81. The molecular weight excluding hydrogens is 122 g/mol. The normalized spacial score (nSPS) is 13.6. The van der Waals surface area contributed by atoms with E-state index in [0.29, 0.717) is 0 Å². The Kier molecular flexibility index (Phi) is 1.04. The highest BCUT2D eigenvalue weighted by Crippen LogP contribution is 2.20. The number of nitrogen functional groups attached to an aromatic ring is 1. The molecule has 1 aliphatic carbocycles. The van der Waals surface area contributed by atoms with Crippen LogP contribution in [0.25, 0.3) is 6.08 Å². The topological polar surface area (TPSA) is 26.0 Å². The Hall–Kier alpha value is -1.24. The van der Waals surface area contributed by atoms with E-state index in [9.17, 15) is 0 Å². The van der Waals surface area contributed by atoms with Gasteiger partial charge in [0.25, 0.3) is 0 Å². The van der Waals surface area contributed by atoms with Gasteiger partial charge in [0.05, 0.1) is 0 Å². The second-order valence-electron chi connectivity index (χ2n) is 2.56. The molecule has 0 heterocycles. The van der Waals surface area contributed by atoms with E-state index in [-0.39, 0.29) is 0 Å². The maximum Gasteiger partial charge on any atom is 0.0320 e. The molecule has 0 spiro atoms. The lowest BCUT2D eigenvalue weighted by Gasteiger charge is -1.97. The van der Waals surface area contributed by atoms with Crippen LogP contribution in [0.3, 0.4) is 0 Å².